The Bertz CT molecular complexity index is 1270. The summed E-state index contributed by atoms with van der Waals surface area (Å²) in [6.45, 7) is 0. The van der Waals surface area contributed by atoms with Crippen molar-refractivity contribution in [3.8, 4) is 16.9 Å². The molecule has 0 aliphatic heterocycles. The molecule has 1 heterocycles. The van der Waals surface area contributed by atoms with E-state index in [1.165, 1.54) is 12.1 Å². The van der Waals surface area contributed by atoms with Crippen molar-refractivity contribution in [2.75, 3.05) is 6.26 Å². The number of carbonyl (C=O) groups is 1. The van der Waals surface area contributed by atoms with Gasteiger partial charge in [-0.25, -0.2) is 18.2 Å². The topological polar surface area (TPSA) is 106 Å². The Hall–Kier alpha value is -3.21. The summed E-state index contributed by atoms with van der Waals surface area (Å²) in [6.07, 6.45) is -3.25. The van der Waals surface area contributed by atoms with Crippen LogP contribution in [0, 0.1) is 0 Å². The molecule has 2 aromatic carbocycles. The highest BCUT2D eigenvalue weighted by atomic mass is 32.2. The average Bonchev–Trinajstić information content (AvgIpc) is 2.60. The molecule has 3 aromatic rings. The van der Waals surface area contributed by atoms with Crippen LogP contribution < -0.4 is 10.3 Å². The molecule has 11 heteroatoms. The molecule has 29 heavy (non-hydrogen) atoms. The van der Waals surface area contributed by atoms with Crippen LogP contribution in [-0.4, -0.2) is 36.8 Å². The first-order valence-corrected chi connectivity index (χ1v) is 10.1. The molecule has 0 amide bonds. The Morgan fingerprint density at radius 3 is 2.55 bits per heavy atom. The van der Waals surface area contributed by atoms with E-state index in [0.29, 0.717) is 11.1 Å². The SMILES string of the molecule is CS(=O)(=O)Cc1ccccc1-c1cc(OC(=O)C(F)(F)F)c2nc[nH]c(=O)c2c1. The van der Waals surface area contributed by atoms with Crippen molar-refractivity contribution in [2.24, 2.45) is 0 Å². The van der Waals surface area contributed by atoms with Gasteiger partial charge in [0.25, 0.3) is 5.56 Å². The summed E-state index contributed by atoms with van der Waals surface area (Å²) in [5.41, 5.74) is 0.00724. The fraction of sp³-hybridized carbons (Fsp3) is 0.167. The van der Waals surface area contributed by atoms with Crippen LogP contribution in [0.5, 0.6) is 5.75 Å². The van der Waals surface area contributed by atoms with E-state index >= 15 is 0 Å². The number of benzene rings is 2. The van der Waals surface area contributed by atoms with Gasteiger partial charge >= 0.3 is 12.1 Å². The predicted octanol–water partition coefficient (Wildman–Crippen LogP) is 2.60. The van der Waals surface area contributed by atoms with Crippen molar-refractivity contribution >= 4 is 26.7 Å². The molecular formula is C18H13F3N2O5S. The van der Waals surface area contributed by atoms with E-state index in [0.717, 1.165) is 18.6 Å². The van der Waals surface area contributed by atoms with Crippen molar-refractivity contribution in [3.05, 3.63) is 58.6 Å². The van der Waals surface area contributed by atoms with E-state index in [1.807, 2.05) is 0 Å². The lowest BCUT2D eigenvalue weighted by atomic mass is 9.99. The van der Waals surface area contributed by atoms with Gasteiger partial charge in [-0.15, -0.1) is 0 Å². The lowest BCUT2D eigenvalue weighted by Gasteiger charge is -2.13. The monoisotopic (exact) mass is 426 g/mol. The third kappa shape index (κ3) is 4.62. The Balaban J connectivity index is 2.25. The average molecular weight is 426 g/mol. The number of rotatable bonds is 4. The largest absolute Gasteiger partial charge is 0.491 e. The molecule has 3 rings (SSSR count). The van der Waals surface area contributed by atoms with E-state index in [1.54, 1.807) is 18.2 Å². The lowest BCUT2D eigenvalue weighted by molar-refractivity contribution is -0.189. The molecule has 0 fully saturated rings. The number of nitrogens with zero attached hydrogens (tertiary/aromatic N) is 1. The predicted molar refractivity (Wildman–Crippen MR) is 98.0 cm³/mol. The molecule has 0 bridgehead atoms. The lowest BCUT2D eigenvalue weighted by Crippen LogP contribution is -2.28. The number of fused-ring (bicyclic) bond motifs is 1. The van der Waals surface area contributed by atoms with Gasteiger partial charge in [0.1, 0.15) is 5.52 Å². The first kappa shape index (κ1) is 20.5. The minimum atomic E-state index is -5.25. The maximum Gasteiger partial charge on any atom is 0.491 e. The van der Waals surface area contributed by atoms with Crippen molar-refractivity contribution in [1.29, 1.82) is 0 Å². The van der Waals surface area contributed by atoms with Gasteiger partial charge in [-0.2, -0.15) is 13.2 Å². The second-order valence-electron chi connectivity index (χ2n) is 6.22. The summed E-state index contributed by atoms with van der Waals surface area (Å²) in [6, 6.07) is 8.73. The third-order valence-electron chi connectivity index (χ3n) is 3.89. The number of carbonyl (C=O) groups excluding carboxylic acids is 1. The van der Waals surface area contributed by atoms with Crippen LogP contribution in [0.1, 0.15) is 5.56 Å². The van der Waals surface area contributed by atoms with Gasteiger partial charge in [-0.3, -0.25) is 4.79 Å². The van der Waals surface area contributed by atoms with Gasteiger partial charge in [0, 0.05) is 6.26 Å². The van der Waals surface area contributed by atoms with Crippen LogP contribution in [0.25, 0.3) is 22.0 Å². The summed E-state index contributed by atoms with van der Waals surface area (Å²) in [4.78, 5) is 29.6. The Morgan fingerprint density at radius 2 is 1.90 bits per heavy atom. The molecule has 0 unspecified atom stereocenters. The molecule has 0 saturated carbocycles. The molecular weight excluding hydrogens is 413 g/mol. The zero-order valence-electron chi connectivity index (χ0n) is 14.8. The van der Waals surface area contributed by atoms with Gasteiger partial charge in [0.15, 0.2) is 15.6 Å². The minimum absolute atomic E-state index is 0.121. The van der Waals surface area contributed by atoms with Crippen LogP contribution in [0.4, 0.5) is 13.2 Å². The second kappa shape index (κ2) is 7.32. The fourth-order valence-electron chi connectivity index (χ4n) is 2.75. The van der Waals surface area contributed by atoms with Crippen molar-refractivity contribution < 1.29 is 31.1 Å². The highest BCUT2D eigenvalue weighted by Crippen LogP contribution is 2.33. The van der Waals surface area contributed by atoms with Crippen LogP contribution in [0.15, 0.2) is 47.5 Å². The van der Waals surface area contributed by atoms with Gasteiger partial charge in [-0.1, -0.05) is 24.3 Å². The number of aromatic amines is 1. The van der Waals surface area contributed by atoms with E-state index < -0.39 is 33.3 Å². The highest BCUT2D eigenvalue weighted by Gasteiger charge is 2.41. The Labute approximate surface area is 162 Å². The molecule has 0 radical (unpaired) electrons. The number of hydrogen-bond donors (Lipinski definition) is 1. The van der Waals surface area contributed by atoms with E-state index in [4.69, 9.17) is 0 Å². The van der Waals surface area contributed by atoms with Crippen LogP contribution >= 0.6 is 0 Å². The number of nitrogens with one attached hydrogen (secondary N) is 1. The van der Waals surface area contributed by atoms with Crippen molar-refractivity contribution in [1.82, 2.24) is 9.97 Å². The number of H-pyrrole nitrogens is 1. The number of hydrogen-bond acceptors (Lipinski definition) is 6. The summed E-state index contributed by atoms with van der Waals surface area (Å²) in [7, 11) is -3.42. The maximum absolute atomic E-state index is 12.7. The quantitative estimate of drug-likeness (QED) is 0.508. The number of halogens is 3. The summed E-state index contributed by atoms with van der Waals surface area (Å²) in [5, 5.41) is -0.121. The van der Waals surface area contributed by atoms with Gasteiger partial charge in [0.2, 0.25) is 0 Å². The fourth-order valence-corrected chi connectivity index (χ4v) is 3.57. The van der Waals surface area contributed by atoms with Gasteiger partial charge in [-0.05, 0) is 28.8 Å². The van der Waals surface area contributed by atoms with Gasteiger partial charge in [0.05, 0.1) is 17.5 Å². The zero-order valence-corrected chi connectivity index (χ0v) is 15.6. The minimum Gasteiger partial charge on any atom is -0.418 e. The summed E-state index contributed by atoms with van der Waals surface area (Å²) < 4.78 is 65.9. The summed E-state index contributed by atoms with van der Waals surface area (Å²) in [5.74, 6) is -3.37. The number of aromatic nitrogens is 2. The molecule has 7 nitrogen and oxygen atoms in total. The normalized spacial score (nSPS) is 12.1. The van der Waals surface area contributed by atoms with Crippen molar-refractivity contribution in [2.45, 2.75) is 11.9 Å². The maximum atomic E-state index is 12.7. The standard InChI is InChI=1S/C18H13F3N2O5S/c1-29(26,27)8-10-4-2-3-5-12(10)11-6-13-15(22-9-23-16(13)24)14(7-11)28-17(25)18(19,20)21/h2-7,9H,8H2,1H3,(H,22,23,24). The van der Waals surface area contributed by atoms with E-state index in [2.05, 4.69) is 14.7 Å². The molecule has 0 saturated heterocycles. The van der Waals surface area contributed by atoms with E-state index in [9.17, 15) is 31.2 Å². The highest BCUT2D eigenvalue weighted by molar-refractivity contribution is 7.89. The van der Waals surface area contributed by atoms with Crippen LogP contribution in [0.3, 0.4) is 0 Å². The van der Waals surface area contributed by atoms with Crippen LogP contribution in [0.2, 0.25) is 0 Å². The first-order chi connectivity index (χ1) is 13.5. The molecule has 0 spiro atoms. The van der Waals surface area contributed by atoms with Crippen molar-refractivity contribution in [3.63, 3.8) is 0 Å². The van der Waals surface area contributed by atoms with E-state index in [-0.39, 0.29) is 22.2 Å². The Morgan fingerprint density at radius 1 is 1.21 bits per heavy atom. The zero-order chi connectivity index (χ0) is 21.4. The molecule has 152 valence electrons. The number of alkyl halides is 3. The molecule has 1 N–H and O–H groups in total. The van der Waals surface area contributed by atoms with Crippen LogP contribution in [-0.2, 0) is 20.4 Å². The smallest absolute Gasteiger partial charge is 0.418 e. The first-order valence-electron chi connectivity index (χ1n) is 8.02. The molecule has 1 aromatic heterocycles. The third-order valence-corrected chi connectivity index (χ3v) is 4.72. The Kier molecular flexibility index (Phi) is 5.18. The van der Waals surface area contributed by atoms with Gasteiger partial charge < -0.3 is 9.72 Å². The number of esters is 1. The number of ether oxygens (including phenoxy) is 1. The summed E-state index contributed by atoms with van der Waals surface area (Å²) >= 11 is 0. The molecule has 0 aliphatic rings. The number of sulfone groups is 1. The molecule has 0 atom stereocenters. The molecule has 0 aliphatic carbocycles. The second-order valence-corrected chi connectivity index (χ2v) is 8.36.